The van der Waals surface area contributed by atoms with Crippen LogP contribution in [0.2, 0.25) is 5.02 Å². The van der Waals surface area contributed by atoms with Gasteiger partial charge >= 0.3 is 0 Å². The molecule has 2 saturated heterocycles. The van der Waals surface area contributed by atoms with Crippen molar-refractivity contribution in [1.82, 2.24) is 9.80 Å². The third-order valence-electron chi connectivity index (χ3n) is 5.85. The lowest BCUT2D eigenvalue weighted by atomic mass is 10.0. The number of nitrogens with zero attached hydrogens (tertiary/aromatic N) is 2. The van der Waals surface area contributed by atoms with Crippen molar-refractivity contribution in [3.63, 3.8) is 0 Å². The summed E-state index contributed by atoms with van der Waals surface area (Å²) in [5, 5.41) is 0.872. The molecule has 2 fully saturated rings. The van der Waals surface area contributed by atoms with Crippen molar-refractivity contribution in [2.45, 2.75) is 38.6 Å². The van der Waals surface area contributed by atoms with Crippen molar-refractivity contribution >= 4 is 11.6 Å². The zero-order valence-electron chi connectivity index (χ0n) is 16.6. The Morgan fingerprint density at radius 2 is 1.71 bits per heavy atom. The summed E-state index contributed by atoms with van der Waals surface area (Å²) in [6, 6.07) is 15.9. The molecule has 0 amide bonds. The van der Waals surface area contributed by atoms with Gasteiger partial charge in [-0.05, 0) is 81.2 Å². The van der Waals surface area contributed by atoms with Gasteiger partial charge in [-0.15, -0.1) is 0 Å². The fourth-order valence-corrected chi connectivity index (χ4v) is 4.50. The van der Waals surface area contributed by atoms with Crippen LogP contribution in [-0.4, -0.2) is 49.1 Å². The molecule has 1 radical (unpaired) electrons. The van der Waals surface area contributed by atoms with Gasteiger partial charge in [0, 0.05) is 30.1 Å². The second-order valence-electron chi connectivity index (χ2n) is 8.00. The quantitative estimate of drug-likeness (QED) is 0.636. The number of rotatable bonds is 8. The van der Waals surface area contributed by atoms with Crippen molar-refractivity contribution in [3.8, 4) is 5.75 Å². The molecular formula is C24H30ClN2O. The van der Waals surface area contributed by atoms with Crippen LogP contribution in [0.3, 0.4) is 0 Å². The van der Waals surface area contributed by atoms with E-state index in [4.69, 9.17) is 16.3 Å². The Kier molecular flexibility index (Phi) is 6.90. The Labute approximate surface area is 174 Å². The van der Waals surface area contributed by atoms with Gasteiger partial charge in [0.2, 0.25) is 0 Å². The summed E-state index contributed by atoms with van der Waals surface area (Å²) in [5.41, 5.74) is 3.54. The zero-order valence-corrected chi connectivity index (χ0v) is 17.4. The monoisotopic (exact) mass is 397 g/mol. The fraction of sp³-hybridized carbons (Fsp3) is 0.500. The molecular weight excluding hydrogens is 368 g/mol. The number of hydrogen-bond donors (Lipinski definition) is 0. The van der Waals surface area contributed by atoms with Gasteiger partial charge in [-0.3, -0.25) is 9.80 Å². The Bertz CT molecular complexity index is 767. The van der Waals surface area contributed by atoms with Crippen LogP contribution in [-0.2, 0) is 13.0 Å². The molecule has 2 aliphatic heterocycles. The van der Waals surface area contributed by atoms with E-state index in [9.17, 15) is 0 Å². The molecule has 0 unspecified atom stereocenters. The van der Waals surface area contributed by atoms with Gasteiger partial charge in [-0.2, -0.15) is 0 Å². The normalized spacial score (nSPS) is 18.0. The van der Waals surface area contributed by atoms with E-state index in [1.54, 1.807) is 0 Å². The molecule has 0 bridgehead atoms. The van der Waals surface area contributed by atoms with Gasteiger partial charge in [-0.25, -0.2) is 0 Å². The van der Waals surface area contributed by atoms with Gasteiger partial charge in [0.05, 0.1) is 0 Å². The average Bonchev–Trinajstić information content (AvgIpc) is 3.39. The fourth-order valence-electron chi connectivity index (χ4n) is 4.24. The Hall–Kier alpha value is -1.55. The van der Waals surface area contributed by atoms with Gasteiger partial charge in [0.25, 0.3) is 0 Å². The molecule has 0 aliphatic carbocycles. The maximum Gasteiger partial charge on any atom is 0.123 e. The van der Waals surface area contributed by atoms with Gasteiger partial charge in [0.15, 0.2) is 0 Å². The first-order valence-electron chi connectivity index (χ1n) is 10.6. The Morgan fingerprint density at radius 3 is 2.46 bits per heavy atom. The van der Waals surface area contributed by atoms with Crippen molar-refractivity contribution in [2.24, 2.45) is 0 Å². The lowest BCUT2D eigenvalue weighted by Gasteiger charge is -2.17. The van der Waals surface area contributed by atoms with Crippen LogP contribution in [0.25, 0.3) is 0 Å². The lowest BCUT2D eigenvalue weighted by Crippen LogP contribution is -2.25. The second kappa shape index (κ2) is 9.78. The SMILES string of the molecule is Clc1cc(Cc2[c]cccc2OCCN2CCCC2)ccc1CN1CCCC1. The molecule has 0 spiro atoms. The summed E-state index contributed by atoms with van der Waals surface area (Å²) in [6.07, 6.45) is 6.04. The molecule has 0 saturated carbocycles. The topological polar surface area (TPSA) is 15.7 Å². The van der Waals surface area contributed by atoms with Crippen LogP contribution in [0.15, 0.2) is 36.4 Å². The van der Waals surface area contributed by atoms with E-state index in [0.29, 0.717) is 0 Å². The summed E-state index contributed by atoms with van der Waals surface area (Å²) < 4.78 is 6.10. The van der Waals surface area contributed by atoms with E-state index in [2.05, 4.69) is 40.1 Å². The van der Waals surface area contributed by atoms with Gasteiger partial charge < -0.3 is 4.74 Å². The molecule has 2 heterocycles. The van der Waals surface area contributed by atoms with Crippen molar-refractivity contribution in [2.75, 3.05) is 39.3 Å². The number of hydrogen-bond acceptors (Lipinski definition) is 3. The predicted molar refractivity (Wildman–Crippen MR) is 115 cm³/mol. The van der Waals surface area contributed by atoms with E-state index >= 15 is 0 Å². The summed E-state index contributed by atoms with van der Waals surface area (Å²) >= 11 is 6.60. The van der Waals surface area contributed by atoms with E-state index in [-0.39, 0.29) is 0 Å². The number of halogens is 1. The van der Waals surface area contributed by atoms with Crippen molar-refractivity contribution in [1.29, 1.82) is 0 Å². The average molecular weight is 398 g/mol. The zero-order chi connectivity index (χ0) is 19.2. The minimum Gasteiger partial charge on any atom is -0.492 e. The van der Waals surface area contributed by atoms with Crippen molar-refractivity contribution < 1.29 is 4.74 Å². The molecule has 2 aromatic carbocycles. The van der Waals surface area contributed by atoms with Gasteiger partial charge in [-0.1, -0.05) is 35.9 Å². The first-order chi connectivity index (χ1) is 13.8. The van der Waals surface area contributed by atoms with Crippen LogP contribution >= 0.6 is 11.6 Å². The summed E-state index contributed by atoms with van der Waals surface area (Å²) in [5.74, 6) is 0.943. The first kappa shape index (κ1) is 19.8. The molecule has 2 aliphatic rings. The first-order valence-corrected chi connectivity index (χ1v) is 11.0. The molecule has 3 nitrogen and oxygen atoms in total. The van der Waals surface area contributed by atoms with Crippen LogP contribution in [0, 0.1) is 6.07 Å². The highest BCUT2D eigenvalue weighted by Crippen LogP contribution is 2.26. The molecule has 2 aromatic rings. The van der Waals surface area contributed by atoms with Crippen molar-refractivity contribution in [3.05, 3.63) is 64.2 Å². The predicted octanol–water partition coefficient (Wildman–Crippen LogP) is 4.80. The van der Waals surface area contributed by atoms with Crippen LogP contribution in [0.4, 0.5) is 0 Å². The van der Waals surface area contributed by atoms with E-state index < -0.39 is 0 Å². The van der Waals surface area contributed by atoms with Crippen LogP contribution in [0.5, 0.6) is 5.75 Å². The lowest BCUT2D eigenvalue weighted by molar-refractivity contribution is 0.236. The molecule has 28 heavy (non-hydrogen) atoms. The highest BCUT2D eigenvalue weighted by molar-refractivity contribution is 6.31. The van der Waals surface area contributed by atoms with Gasteiger partial charge in [0.1, 0.15) is 12.4 Å². The minimum atomic E-state index is 0.736. The summed E-state index contributed by atoms with van der Waals surface area (Å²) in [7, 11) is 0. The Balaban J connectivity index is 1.37. The number of ether oxygens (including phenoxy) is 1. The van der Waals surface area contributed by atoms with Crippen LogP contribution in [0.1, 0.15) is 42.4 Å². The third kappa shape index (κ3) is 5.28. The summed E-state index contributed by atoms with van der Waals surface area (Å²) in [6.45, 7) is 7.50. The highest BCUT2D eigenvalue weighted by atomic mass is 35.5. The molecule has 0 aromatic heterocycles. The third-order valence-corrected chi connectivity index (χ3v) is 6.21. The summed E-state index contributed by atoms with van der Waals surface area (Å²) in [4.78, 5) is 4.96. The van der Waals surface area contributed by atoms with E-state index in [0.717, 1.165) is 42.5 Å². The minimum absolute atomic E-state index is 0.736. The second-order valence-corrected chi connectivity index (χ2v) is 8.40. The smallest absolute Gasteiger partial charge is 0.123 e. The maximum atomic E-state index is 6.60. The Morgan fingerprint density at radius 1 is 0.964 bits per heavy atom. The molecule has 0 atom stereocenters. The molecule has 149 valence electrons. The molecule has 4 heteroatoms. The number of benzene rings is 2. The highest BCUT2D eigenvalue weighted by Gasteiger charge is 2.14. The molecule has 4 rings (SSSR count). The number of likely N-dealkylation sites (tertiary alicyclic amines) is 2. The molecule has 0 N–H and O–H groups in total. The maximum absolute atomic E-state index is 6.60. The van der Waals surface area contributed by atoms with Crippen LogP contribution < -0.4 is 4.74 Å². The van der Waals surface area contributed by atoms with E-state index in [1.165, 1.54) is 63.0 Å². The van der Waals surface area contributed by atoms with E-state index in [1.807, 2.05) is 12.1 Å². The standard InChI is InChI=1S/C24H30ClN2O/c25-23-18-20(9-10-22(23)19-27-13-5-6-14-27)17-21-7-1-2-8-24(21)28-16-15-26-11-3-4-12-26/h1-2,8-10,18H,3-6,11-17,19H2. The largest absolute Gasteiger partial charge is 0.492 e.